The Labute approximate surface area is 119 Å². The van der Waals surface area contributed by atoms with Crippen molar-refractivity contribution in [2.75, 3.05) is 13.1 Å². The lowest BCUT2D eigenvalue weighted by molar-refractivity contribution is 0.0573. The highest BCUT2D eigenvalue weighted by atomic mass is 19.1. The molecule has 0 aromatic heterocycles. The molecule has 2 N–H and O–H groups in total. The van der Waals surface area contributed by atoms with Crippen LogP contribution in [-0.2, 0) is 12.0 Å². The molecule has 0 aliphatic carbocycles. The Morgan fingerprint density at radius 2 is 1.85 bits per heavy atom. The number of benzene rings is 2. The highest BCUT2D eigenvalue weighted by molar-refractivity contribution is 5.22. The Morgan fingerprint density at radius 1 is 1.10 bits per heavy atom. The third kappa shape index (κ3) is 4.15. The summed E-state index contributed by atoms with van der Waals surface area (Å²) < 4.78 is 13.0. The van der Waals surface area contributed by atoms with Gasteiger partial charge in [0.05, 0.1) is 5.60 Å². The Kier molecular flexibility index (Phi) is 4.88. The average Bonchev–Trinajstić information content (AvgIpc) is 2.45. The Balaban J connectivity index is 1.81. The van der Waals surface area contributed by atoms with Crippen molar-refractivity contribution < 1.29 is 9.50 Å². The van der Waals surface area contributed by atoms with Gasteiger partial charge in [0, 0.05) is 6.54 Å². The van der Waals surface area contributed by atoms with Crippen LogP contribution in [-0.4, -0.2) is 18.2 Å². The first kappa shape index (κ1) is 14.7. The topological polar surface area (TPSA) is 32.3 Å². The minimum Gasteiger partial charge on any atom is -0.384 e. The summed E-state index contributed by atoms with van der Waals surface area (Å²) in [5.74, 6) is -0.209. The lowest BCUT2D eigenvalue weighted by Crippen LogP contribution is -2.36. The highest BCUT2D eigenvalue weighted by Gasteiger charge is 2.21. The summed E-state index contributed by atoms with van der Waals surface area (Å²) in [5, 5.41) is 13.6. The second kappa shape index (κ2) is 6.64. The zero-order valence-corrected chi connectivity index (χ0v) is 11.6. The van der Waals surface area contributed by atoms with Gasteiger partial charge in [-0.05, 0) is 43.1 Å². The summed E-state index contributed by atoms with van der Waals surface area (Å²) in [6.45, 7) is 2.95. The van der Waals surface area contributed by atoms with E-state index in [-0.39, 0.29) is 5.82 Å². The normalized spacial score (nSPS) is 13.9. The van der Waals surface area contributed by atoms with Crippen molar-refractivity contribution in [2.45, 2.75) is 18.9 Å². The van der Waals surface area contributed by atoms with Crippen LogP contribution in [0.4, 0.5) is 4.39 Å². The molecule has 1 unspecified atom stereocenters. The zero-order valence-electron chi connectivity index (χ0n) is 11.6. The molecule has 0 saturated carbocycles. The molecule has 2 aromatic carbocycles. The molecule has 0 radical (unpaired) electrons. The summed E-state index contributed by atoms with van der Waals surface area (Å²) in [7, 11) is 0. The standard InChI is InChI=1S/C17H20FNO/c1-17(20,15-7-3-2-4-8-15)13-19-11-10-14-6-5-9-16(18)12-14/h2-9,12,19-20H,10-11,13H2,1H3. The van der Waals surface area contributed by atoms with Gasteiger partial charge in [0.2, 0.25) is 0 Å². The van der Waals surface area contributed by atoms with Gasteiger partial charge < -0.3 is 10.4 Å². The van der Waals surface area contributed by atoms with E-state index in [1.165, 1.54) is 12.1 Å². The van der Waals surface area contributed by atoms with Gasteiger partial charge in [0.1, 0.15) is 5.82 Å². The minimum absolute atomic E-state index is 0.209. The van der Waals surface area contributed by atoms with Gasteiger partial charge in [0.15, 0.2) is 0 Å². The van der Waals surface area contributed by atoms with E-state index in [4.69, 9.17) is 0 Å². The van der Waals surface area contributed by atoms with Gasteiger partial charge in [-0.1, -0.05) is 42.5 Å². The van der Waals surface area contributed by atoms with E-state index in [0.717, 1.165) is 17.5 Å². The van der Waals surface area contributed by atoms with Crippen LogP contribution in [0.15, 0.2) is 54.6 Å². The van der Waals surface area contributed by atoms with Crippen molar-refractivity contribution in [3.63, 3.8) is 0 Å². The molecule has 0 heterocycles. The third-order valence-corrected chi connectivity index (χ3v) is 3.34. The van der Waals surface area contributed by atoms with E-state index >= 15 is 0 Å². The maximum absolute atomic E-state index is 13.0. The SMILES string of the molecule is CC(O)(CNCCc1cccc(F)c1)c1ccccc1. The Hall–Kier alpha value is -1.71. The molecule has 0 bridgehead atoms. The minimum atomic E-state index is -0.900. The zero-order chi connectivity index (χ0) is 14.4. The smallest absolute Gasteiger partial charge is 0.123 e. The van der Waals surface area contributed by atoms with Crippen molar-refractivity contribution >= 4 is 0 Å². The number of hydrogen-bond donors (Lipinski definition) is 2. The van der Waals surface area contributed by atoms with Crippen LogP contribution in [0.25, 0.3) is 0 Å². The maximum Gasteiger partial charge on any atom is 0.123 e. The fourth-order valence-electron chi connectivity index (χ4n) is 2.16. The summed E-state index contributed by atoms with van der Waals surface area (Å²) in [4.78, 5) is 0. The first-order valence-electron chi connectivity index (χ1n) is 6.81. The van der Waals surface area contributed by atoms with Gasteiger partial charge in [-0.2, -0.15) is 0 Å². The van der Waals surface area contributed by atoms with E-state index in [9.17, 15) is 9.50 Å². The van der Waals surface area contributed by atoms with Crippen molar-refractivity contribution in [3.05, 3.63) is 71.5 Å². The molecule has 0 fully saturated rings. The molecule has 2 aromatic rings. The molecule has 1 atom stereocenters. The molecule has 20 heavy (non-hydrogen) atoms. The maximum atomic E-state index is 13.0. The molecular formula is C17H20FNO. The molecule has 0 amide bonds. The number of aliphatic hydroxyl groups is 1. The van der Waals surface area contributed by atoms with Crippen LogP contribution >= 0.6 is 0 Å². The van der Waals surface area contributed by atoms with Crippen LogP contribution in [0.2, 0.25) is 0 Å². The summed E-state index contributed by atoms with van der Waals surface area (Å²) >= 11 is 0. The third-order valence-electron chi connectivity index (χ3n) is 3.34. The summed E-state index contributed by atoms with van der Waals surface area (Å²) in [5.41, 5.74) is 0.943. The predicted molar refractivity (Wildman–Crippen MR) is 79.0 cm³/mol. The molecule has 3 heteroatoms. The van der Waals surface area contributed by atoms with Crippen molar-refractivity contribution in [3.8, 4) is 0 Å². The van der Waals surface area contributed by atoms with Crippen molar-refractivity contribution in [2.24, 2.45) is 0 Å². The predicted octanol–water partition coefficient (Wildman–Crippen LogP) is 2.87. The largest absolute Gasteiger partial charge is 0.384 e. The van der Waals surface area contributed by atoms with E-state index in [1.807, 2.05) is 36.4 Å². The molecule has 106 valence electrons. The van der Waals surface area contributed by atoms with Gasteiger partial charge in [0.25, 0.3) is 0 Å². The van der Waals surface area contributed by atoms with Gasteiger partial charge in [-0.25, -0.2) is 4.39 Å². The lowest BCUT2D eigenvalue weighted by Gasteiger charge is -2.24. The second-order valence-electron chi connectivity index (χ2n) is 5.20. The number of hydrogen-bond acceptors (Lipinski definition) is 2. The highest BCUT2D eigenvalue weighted by Crippen LogP contribution is 2.18. The molecular weight excluding hydrogens is 253 g/mol. The van der Waals surface area contributed by atoms with Gasteiger partial charge >= 0.3 is 0 Å². The molecule has 2 nitrogen and oxygen atoms in total. The number of halogens is 1. The molecule has 0 spiro atoms. The van der Waals surface area contributed by atoms with Gasteiger partial charge in [-0.3, -0.25) is 0 Å². The Morgan fingerprint density at radius 3 is 2.55 bits per heavy atom. The van der Waals surface area contributed by atoms with E-state index < -0.39 is 5.60 Å². The fraction of sp³-hybridized carbons (Fsp3) is 0.294. The van der Waals surface area contributed by atoms with Crippen LogP contribution in [0.5, 0.6) is 0 Å². The first-order valence-corrected chi connectivity index (χ1v) is 6.81. The average molecular weight is 273 g/mol. The molecule has 2 rings (SSSR count). The molecule has 0 aliphatic heterocycles. The van der Waals surface area contributed by atoms with Crippen molar-refractivity contribution in [1.29, 1.82) is 0 Å². The number of nitrogens with one attached hydrogen (secondary N) is 1. The molecule has 0 aliphatic rings. The fourth-order valence-corrected chi connectivity index (χ4v) is 2.16. The lowest BCUT2D eigenvalue weighted by atomic mass is 9.96. The van der Waals surface area contributed by atoms with E-state index in [0.29, 0.717) is 13.1 Å². The van der Waals surface area contributed by atoms with Crippen LogP contribution in [0, 0.1) is 5.82 Å². The van der Waals surface area contributed by atoms with Crippen molar-refractivity contribution in [1.82, 2.24) is 5.32 Å². The quantitative estimate of drug-likeness (QED) is 0.793. The Bertz CT molecular complexity index is 540. The van der Waals surface area contributed by atoms with Crippen LogP contribution in [0.1, 0.15) is 18.1 Å². The van der Waals surface area contributed by atoms with E-state index in [1.54, 1.807) is 13.0 Å². The first-order chi connectivity index (χ1) is 9.58. The van der Waals surface area contributed by atoms with Crippen LogP contribution in [0.3, 0.4) is 0 Å². The second-order valence-corrected chi connectivity index (χ2v) is 5.20. The van der Waals surface area contributed by atoms with E-state index in [2.05, 4.69) is 5.32 Å². The van der Waals surface area contributed by atoms with Gasteiger partial charge in [-0.15, -0.1) is 0 Å². The monoisotopic (exact) mass is 273 g/mol. The summed E-state index contributed by atoms with van der Waals surface area (Å²) in [6.07, 6.45) is 0.739. The summed E-state index contributed by atoms with van der Waals surface area (Å²) in [6, 6.07) is 16.2. The molecule has 0 saturated heterocycles. The number of rotatable bonds is 6. The van der Waals surface area contributed by atoms with Crippen LogP contribution < -0.4 is 5.32 Å².